The van der Waals surface area contributed by atoms with Crippen molar-refractivity contribution in [1.29, 1.82) is 0 Å². The fraction of sp³-hybridized carbons (Fsp3) is 0.348. The van der Waals surface area contributed by atoms with Gasteiger partial charge in [-0.05, 0) is 42.6 Å². The second kappa shape index (κ2) is 8.85. The molecule has 0 radical (unpaired) electrons. The van der Waals surface area contributed by atoms with Crippen LogP contribution in [0.1, 0.15) is 24.0 Å². The highest BCUT2D eigenvalue weighted by Gasteiger charge is 2.56. The summed E-state index contributed by atoms with van der Waals surface area (Å²) in [5.41, 5.74) is 7.14. The number of benzene rings is 2. The van der Waals surface area contributed by atoms with Crippen molar-refractivity contribution >= 4 is 17.8 Å². The molecule has 3 atom stereocenters. The van der Waals surface area contributed by atoms with Crippen LogP contribution in [0.2, 0.25) is 0 Å². The Balaban J connectivity index is 1.67. The van der Waals surface area contributed by atoms with E-state index in [1.807, 2.05) is 30.3 Å². The minimum atomic E-state index is -1.27. The van der Waals surface area contributed by atoms with Crippen molar-refractivity contribution in [3.63, 3.8) is 0 Å². The van der Waals surface area contributed by atoms with Gasteiger partial charge >= 0.3 is 5.97 Å². The van der Waals surface area contributed by atoms with Crippen LogP contribution in [-0.2, 0) is 32.1 Å². The molecule has 7 nitrogen and oxygen atoms in total. The average molecular weight is 425 g/mol. The number of esters is 1. The Hall–Kier alpha value is -3.26. The zero-order valence-electron chi connectivity index (χ0n) is 16.9. The fourth-order valence-electron chi connectivity index (χ4n) is 4.14. The molecule has 3 unspecified atom stereocenters. The summed E-state index contributed by atoms with van der Waals surface area (Å²) < 4.78 is 18.6. The van der Waals surface area contributed by atoms with E-state index >= 15 is 0 Å². The molecule has 162 valence electrons. The van der Waals surface area contributed by atoms with Crippen LogP contribution < -0.4 is 5.73 Å². The number of nitrogens with zero attached hydrogens (tertiary/aromatic N) is 2. The number of hydrogen-bond donors (Lipinski definition) is 1. The zero-order chi connectivity index (χ0) is 22.0. The van der Waals surface area contributed by atoms with Crippen LogP contribution in [0.25, 0.3) is 0 Å². The molecule has 0 aromatic heterocycles. The van der Waals surface area contributed by atoms with Crippen molar-refractivity contribution in [2.45, 2.75) is 44.1 Å². The molecule has 31 heavy (non-hydrogen) atoms. The minimum Gasteiger partial charge on any atom is -0.430 e. The first-order valence-electron chi connectivity index (χ1n) is 10.3. The number of piperazine rings is 1. The van der Waals surface area contributed by atoms with Gasteiger partial charge in [0.2, 0.25) is 5.91 Å². The molecule has 0 spiro atoms. The lowest BCUT2D eigenvalue weighted by Gasteiger charge is -2.42. The van der Waals surface area contributed by atoms with E-state index < -0.39 is 30.2 Å². The molecule has 2 aliphatic rings. The van der Waals surface area contributed by atoms with Crippen molar-refractivity contribution in [3.8, 4) is 0 Å². The summed E-state index contributed by atoms with van der Waals surface area (Å²) in [6, 6.07) is 13.5. The summed E-state index contributed by atoms with van der Waals surface area (Å²) in [7, 11) is 0. The Kier molecular flexibility index (Phi) is 5.99. The molecule has 2 heterocycles. The molecule has 2 amide bonds. The van der Waals surface area contributed by atoms with Gasteiger partial charge in [-0.25, -0.2) is 9.18 Å². The number of ether oxygens (including phenoxy) is 1. The van der Waals surface area contributed by atoms with Gasteiger partial charge < -0.3 is 15.4 Å². The number of hydrogen-bond acceptors (Lipinski definition) is 5. The van der Waals surface area contributed by atoms with Crippen LogP contribution in [0.5, 0.6) is 0 Å². The van der Waals surface area contributed by atoms with E-state index in [9.17, 15) is 18.8 Å². The van der Waals surface area contributed by atoms with Gasteiger partial charge in [0.05, 0.1) is 0 Å². The number of carbonyl (C=O) groups excluding carboxylic acids is 3. The van der Waals surface area contributed by atoms with Crippen LogP contribution in [-0.4, -0.2) is 52.4 Å². The first-order valence-corrected chi connectivity index (χ1v) is 10.3. The van der Waals surface area contributed by atoms with Crippen molar-refractivity contribution in [2.75, 3.05) is 6.54 Å². The van der Waals surface area contributed by atoms with Crippen LogP contribution in [0.3, 0.4) is 0 Å². The topological polar surface area (TPSA) is 92.9 Å². The van der Waals surface area contributed by atoms with E-state index in [4.69, 9.17) is 10.5 Å². The van der Waals surface area contributed by atoms with Gasteiger partial charge in [-0.15, -0.1) is 0 Å². The lowest BCUT2D eigenvalue weighted by molar-refractivity contribution is -0.174. The van der Waals surface area contributed by atoms with Gasteiger partial charge in [0.25, 0.3) is 12.1 Å². The summed E-state index contributed by atoms with van der Waals surface area (Å²) in [6.07, 6.45) is -0.0861. The summed E-state index contributed by atoms with van der Waals surface area (Å²) >= 11 is 0. The van der Waals surface area contributed by atoms with Crippen molar-refractivity contribution in [3.05, 3.63) is 71.5 Å². The first kappa shape index (κ1) is 21.0. The highest BCUT2D eigenvalue weighted by Crippen LogP contribution is 2.32. The second-order valence-corrected chi connectivity index (χ2v) is 7.78. The fourth-order valence-corrected chi connectivity index (χ4v) is 4.14. The molecule has 2 fully saturated rings. The second-order valence-electron chi connectivity index (χ2n) is 7.78. The van der Waals surface area contributed by atoms with Gasteiger partial charge in [0, 0.05) is 13.0 Å². The Labute approximate surface area is 179 Å². The molecule has 2 N–H and O–H groups in total. The molecule has 4 rings (SSSR count). The number of rotatable bonds is 7. The molecule has 2 aromatic rings. The molecule has 2 saturated heterocycles. The predicted octanol–water partition coefficient (Wildman–Crippen LogP) is 1.60. The summed E-state index contributed by atoms with van der Waals surface area (Å²) in [6.45, 7) is 0.478. The zero-order valence-corrected chi connectivity index (χ0v) is 16.9. The maximum Gasteiger partial charge on any atom is 0.331 e. The van der Waals surface area contributed by atoms with Gasteiger partial charge in [0.15, 0.2) is 0 Å². The number of nitrogens with two attached hydrogens (primary N) is 1. The number of halogens is 1. The van der Waals surface area contributed by atoms with E-state index in [0.29, 0.717) is 31.4 Å². The summed E-state index contributed by atoms with van der Waals surface area (Å²) in [5, 5.41) is 0. The van der Waals surface area contributed by atoms with E-state index in [-0.39, 0.29) is 18.3 Å². The van der Waals surface area contributed by atoms with E-state index in [1.165, 1.54) is 21.9 Å². The molecule has 2 aliphatic heterocycles. The van der Waals surface area contributed by atoms with E-state index in [0.717, 1.165) is 5.56 Å². The third-order valence-electron chi connectivity index (χ3n) is 5.72. The highest BCUT2D eigenvalue weighted by molar-refractivity contribution is 6.01. The third-order valence-corrected chi connectivity index (χ3v) is 5.72. The average Bonchev–Trinajstić information content (AvgIpc) is 3.11. The quantitative estimate of drug-likeness (QED) is 0.681. The first-order chi connectivity index (χ1) is 15.0. The maximum absolute atomic E-state index is 13.5. The van der Waals surface area contributed by atoms with Gasteiger partial charge in [-0.1, -0.05) is 42.5 Å². The van der Waals surface area contributed by atoms with Crippen LogP contribution in [0, 0.1) is 5.82 Å². The van der Waals surface area contributed by atoms with Gasteiger partial charge in [0.1, 0.15) is 17.9 Å². The Morgan fingerprint density at radius 2 is 1.61 bits per heavy atom. The SMILES string of the molecule is NCCCC1C(=O)OC2C(=O)N(Cc3ccc(F)cc3)C(Cc3ccccc3)C(=O)N12. The molecular weight excluding hydrogens is 401 g/mol. The lowest BCUT2D eigenvalue weighted by Crippen LogP contribution is -2.64. The molecule has 8 heteroatoms. The normalized spacial score (nSPS) is 23.2. The number of amides is 2. The highest BCUT2D eigenvalue weighted by atomic mass is 19.1. The Bertz CT molecular complexity index is 967. The van der Waals surface area contributed by atoms with Crippen molar-refractivity contribution in [2.24, 2.45) is 5.73 Å². The number of carbonyl (C=O) groups is 3. The smallest absolute Gasteiger partial charge is 0.331 e. The molecule has 2 aromatic carbocycles. The summed E-state index contributed by atoms with van der Waals surface area (Å²) in [4.78, 5) is 42.0. The largest absolute Gasteiger partial charge is 0.430 e. The van der Waals surface area contributed by atoms with Crippen LogP contribution >= 0.6 is 0 Å². The van der Waals surface area contributed by atoms with Gasteiger partial charge in [-0.3, -0.25) is 14.5 Å². The molecular formula is C23H24FN3O4. The van der Waals surface area contributed by atoms with Crippen LogP contribution in [0.4, 0.5) is 4.39 Å². The van der Waals surface area contributed by atoms with E-state index in [2.05, 4.69) is 0 Å². The summed E-state index contributed by atoms with van der Waals surface area (Å²) in [5.74, 6) is -1.75. The predicted molar refractivity (Wildman–Crippen MR) is 110 cm³/mol. The maximum atomic E-state index is 13.5. The van der Waals surface area contributed by atoms with Crippen molar-refractivity contribution < 1.29 is 23.5 Å². The van der Waals surface area contributed by atoms with Crippen molar-refractivity contribution in [1.82, 2.24) is 9.80 Å². The molecule has 0 saturated carbocycles. The monoisotopic (exact) mass is 425 g/mol. The number of fused-ring (bicyclic) bond motifs is 1. The standard InChI is InChI=1S/C23H24FN3O4/c24-17-10-8-16(9-11-17)14-26-19(13-15-5-2-1-3-6-15)20(28)27-18(7-4-12-25)23(30)31-22(27)21(26)29/h1-3,5-6,8-11,18-19,22H,4,7,12-14,25H2. The Morgan fingerprint density at radius 1 is 0.903 bits per heavy atom. The minimum absolute atomic E-state index is 0.109. The third kappa shape index (κ3) is 4.16. The van der Waals surface area contributed by atoms with Gasteiger partial charge in [-0.2, -0.15) is 0 Å². The Morgan fingerprint density at radius 3 is 2.29 bits per heavy atom. The molecule has 0 bridgehead atoms. The van der Waals surface area contributed by atoms with Crippen LogP contribution in [0.15, 0.2) is 54.6 Å². The lowest BCUT2D eigenvalue weighted by atomic mass is 9.98. The molecule has 0 aliphatic carbocycles. The van der Waals surface area contributed by atoms with E-state index in [1.54, 1.807) is 12.1 Å².